The molecule has 2 nitrogen and oxygen atoms in total. The third-order valence-electron chi connectivity index (χ3n) is 0.575. The summed E-state index contributed by atoms with van der Waals surface area (Å²) in [5.74, 6) is 0. The molecule has 1 atom stereocenters. The zero-order valence-electron chi connectivity index (χ0n) is 3.31. The number of aliphatic imine (C=N–C) groups is 2. The summed E-state index contributed by atoms with van der Waals surface area (Å²) in [5.41, 5.74) is 0. The van der Waals surface area contributed by atoms with Crippen molar-refractivity contribution >= 4 is 55.2 Å². The van der Waals surface area contributed by atoms with E-state index < -0.39 is 0 Å². The molecule has 0 N–H and O–H groups in total. The van der Waals surface area contributed by atoms with Crippen molar-refractivity contribution in [3.05, 3.63) is 0 Å². The van der Waals surface area contributed by atoms with Gasteiger partial charge in [-0.05, 0) is 45.2 Å². The minimum absolute atomic E-state index is 0.290. The fourth-order valence-corrected chi connectivity index (χ4v) is 0.860. The minimum atomic E-state index is 0.290. The van der Waals surface area contributed by atoms with Gasteiger partial charge in [-0.25, -0.2) is 4.99 Å². The van der Waals surface area contributed by atoms with E-state index in [0.29, 0.717) is 0 Å². The summed E-state index contributed by atoms with van der Waals surface area (Å²) in [4.78, 5) is 7.89. The van der Waals surface area contributed by atoms with Crippen molar-refractivity contribution in [1.29, 1.82) is 0 Å². The maximum Gasteiger partial charge on any atom is 0.150 e. The van der Waals surface area contributed by atoms with Crippen LogP contribution in [0.1, 0.15) is 0 Å². The predicted octanol–water partition coefficient (Wildman–Crippen LogP) is 1.62. The normalized spacial score (nSPS) is 28.3. The van der Waals surface area contributed by atoms with Gasteiger partial charge in [0.1, 0.15) is 10.1 Å². The zero-order chi connectivity index (χ0) is 5.28. The first-order valence-corrected chi connectivity index (χ1v) is 4.02. The Bertz CT molecular complexity index is 129. The Kier molecular flexibility index (Phi) is 2.02. The summed E-state index contributed by atoms with van der Waals surface area (Å²) in [5, 5.41) is 0. The molecule has 0 fully saturated rings. The van der Waals surface area contributed by atoms with Crippen LogP contribution in [-0.2, 0) is 0 Å². The molecule has 0 aromatic heterocycles. The minimum Gasteiger partial charge on any atom is -0.253 e. The number of hydrogen-bond acceptors (Lipinski definition) is 2. The first-order valence-electron chi connectivity index (χ1n) is 1.69. The number of halogens is 2. The zero-order valence-corrected chi connectivity index (χ0v) is 7.62. The third kappa shape index (κ3) is 1.34. The molecule has 0 spiro atoms. The Hall–Kier alpha value is 0.800. The van der Waals surface area contributed by atoms with Crippen molar-refractivity contribution in [3.8, 4) is 0 Å². The van der Waals surface area contributed by atoms with Crippen LogP contribution < -0.4 is 0 Å². The van der Waals surface area contributed by atoms with Crippen molar-refractivity contribution < 1.29 is 0 Å². The van der Waals surface area contributed by atoms with Gasteiger partial charge in [0.15, 0.2) is 4.05 Å². The molecule has 0 unspecified atom stereocenters. The van der Waals surface area contributed by atoms with Gasteiger partial charge in [0.25, 0.3) is 0 Å². The van der Waals surface area contributed by atoms with Gasteiger partial charge in [-0.1, -0.05) is 0 Å². The molecule has 7 heavy (non-hydrogen) atoms. The van der Waals surface area contributed by atoms with E-state index in [1.54, 1.807) is 6.34 Å². The second-order valence-corrected chi connectivity index (χ2v) is 3.34. The fourth-order valence-electron chi connectivity index (χ4n) is 0.270. The molecule has 1 heterocycles. The lowest BCUT2D eigenvalue weighted by atomic mass is 10.8. The van der Waals surface area contributed by atoms with Crippen LogP contribution in [0.4, 0.5) is 0 Å². The van der Waals surface area contributed by atoms with Gasteiger partial charge in [0.05, 0.1) is 0 Å². The largest absolute Gasteiger partial charge is 0.253 e. The Labute approximate surface area is 68.8 Å². The second-order valence-electron chi connectivity index (χ2n) is 1.05. The third-order valence-corrected chi connectivity index (χ3v) is 3.55. The smallest absolute Gasteiger partial charge is 0.150 e. The first-order chi connectivity index (χ1) is 3.30. The molecule has 0 aromatic carbocycles. The Balaban J connectivity index is 2.69. The summed E-state index contributed by atoms with van der Waals surface area (Å²) in [6.07, 6.45) is 1.60. The van der Waals surface area contributed by atoms with Crippen molar-refractivity contribution in [2.45, 2.75) is 4.05 Å². The van der Waals surface area contributed by atoms with E-state index in [-0.39, 0.29) is 4.05 Å². The van der Waals surface area contributed by atoms with Crippen molar-refractivity contribution in [3.63, 3.8) is 0 Å². The number of nitrogens with zero attached hydrogens (tertiary/aromatic N) is 2. The van der Waals surface area contributed by atoms with Gasteiger partial charge in [0, 0.05) is 0 Å². The summed E-state index contributed by atoms with van der Waals surface area (Å²) >= 11 is 4.40. The standard InChI is InChI=1S/C3H2I2N2/c4-2-3(5)7-1-6-2/h1-2H/t2-/m0/s1. The summed E-state index contributed by atoms with van der Waals surface area (Å²) < 4.78 is 1.36. The SMILES string of the molecule is IC1=NC=N[C@@H]1I. The maximum atomic E-state index is 3.97. The fraction of sp³-hybridized carbons (Fsp3) is 0.333. The first kappa shape index (κ1) is 5.93. The summed E-state index contributed by atoms with van der Waals surface area (Å²) in [6.45, 7) is 0. The molecule has 4 heteroatoms. The Morgan fingerprint density at radius 1 is 1.71 bits per heavy atom. The highest BCUT2D eigenvalue weighted by Crippen LogP contribution is 2.13. The summed E-state index contributed by atoms with van der Waals surface area (Å²) in [6, 6.07) is 0. The highest BCUT2D eigenvalue weighted by atomic mass is 127. The highest BCUT2D eigenvalue weighted by Gasteiger charge is 2.08. The molecule has 38 valence electrons. The average molecular weight is 320 g/mol. The van der Waals surface area contributed by atoms with Crippen LogP contribution in [0.15, 0.2) is 9.98 Å². The molecule has 0 saturated carbocycles. The number of hydrogen-bond donors (Lipinski definition) is 0. The van der Waals surface area contributed by atoms with Crippen LogP contribution in [0.2, 0.25) is 0 Å². The molecule has 1 aliphatic rings. The van der Waals surface area contributed by atoms with Crippen LogP contribution in [0, 0.1) is 0 Å². The molecular formula is C3H2I2N2. The van der Waals surface area contributed by atoms with E-state index in [1.807, 2.05) is 0 Å². The average Bonchev–Trinajstić information content (AvgIpc) is 1.91. The van der Waals surface area contributed by atoms with E-state index in [2.05, 4.69) is 55.2 Å². The second kappa shape index (κ2) is 2.38. The van der Waals surface area contributed by atoms with Crippen LogP contribution in [0.5, 0.6) is 0 Å². The molecule has 0 bridgehead atoms. The van der Waals surface area contributed by atoms with E-state index >= 15 is 0 Å². The van der Waals surface area contributed by atoms with Crippen molar-refractivity contribution in [2.24, 2.45) is 9.98 Å². The topological polar surface area (TPSA) is 24.7 Å². The Morgan fingerprint density at radius 2 is 2.43 bits per heavy atom. The quantitative estimate of drug-likeness (QED) is 0.368. The van der Waals surface area contributed by atoms with Crippen molar-refractivity contribution in [2.75, 3.05) is 0 Å². The molecular weight excluding hydrogens is 318 g/mol. The van der Waals surface area contributed by atoms with Crippen LogP contribution in [0.25, 0.3) is 0 Å². The maximum absolute atomic E-state index is 3.97. The predicted molar refractivity (Wildman–Crippen MR) is 47.8 cm³/mol. The van der Waals surface area contributed by atoms with Crippen LogP contribution in [-0.4, -0.2) is 14.1 Å². The lowest BCUT2D eigenvalue weighted by Crippen LogP contribution is -1.95. The monoisotopic (exact) mass is 320 g/mol. The molecule has 1 rings (SSSR count). The molecule has 0 aliphatic carbocycles. The number of alkyl halides is 1. The van der Waals surface area contributed by atoms with Gasteiger partial charge in [-0.2, -0.15) is 0 Å². The van der Waals surface area contributed by atoms with Gasteiger partial charge < -0.3 is 0 Å². The van der Waals surface area contributed by atoms with E-state index in [9.17, 15) is 0 Å². The van der Waals surface area contributed by atoms with Gasteiger partial charge in [-0.15, -0.1) is 0 Å². The molecule has 0 radical (unpaired) electrons. The van der Waals surface area contributed by atoms with Crippen LogP contribution in [0.3, 0.4) is 0 Å². The lowest BCUT2D eigenvalue weighted by Gasteiger charge is -1.88. The number of rotatable bonds is 0. The van der Waals surface area contributed by atoms with E-state index in [0.717, 1.165) is 3.72 Å². The van der Waals surface area contributed by atoms with E-state index in [4.69, 9.17) is 0 Å². The Morgan fingerprint density at radius 3 is 2.57 bits per heavy atom. The summed E-state index contributed by atoms with van der Waals surface area (Å²) in [7, 11) is 0. The molecule has 0 aromatic rings. The van der Waals surface area contributed by atoms with Crippen LogP contribution >= 0.6 is 45.2 Å². The molecule has 0 saturated heterocycles. The van der Waals surface area contributed by atoms with Gasteiger partial charge >= 0.3 is 0 Å². The lowest BCUT2D eigenvalue weighted by molar-refractivity contribution is 1.33. The molecule has 1 aliphatic heterocycles. The van der Waals surface area contributed by atoms with Gasteiger partial charge in [0.2, 0.25) is 0 Å². The van der Waals surface area contributed by atoms with E-state index in [1.165, 1.54) is 0 Å². The molecule has 0 amide bonds. The van der Waals surface area contributed by atoms with Gasteiger partial charge in [-0.3, -0.25) is 4.99 Å². The van der Waals surface area contributed by atoms with Crippen molar-refractivity contribution in [1.82, 2.24) is 0 Å². The highest BCUT2D eigenvalue weighted by molar-refractivity contribution is 14.1.